The van der Waals surface area contributed by atoms with Crippen molar-refractivity contribution in [1.29, 1.82) is 0 Å². The zero-order valence-electron chi connectivity index (χ0n) is 15.7. The van der Waals surface area contributed by atoms with Gasteiger partial charge in [0.25, 0.3) is 0 Å². The highest BCUT2D eigenvalue weighted by Gasteiger charge is 2.14. The lowest BCUT2D eigenvalue weighted by atomic mass is 10.1. The summed E-state index contributed by atoms with van der Waals surface area (Å²) in [4.78, 5) is 7.07. The van der Waals surface area contributed by atoms with Crippen molar-refractivity contribution in [1.82, 2.24) is 10.6 Å². The van der Waals surface area contributed by atoms with Gasteiger partial charge in [-0.05, 0) is 36.2 Å². The summed E-state index contributed by atoms with van der Waals surface area (Å²) in [5, 5.41) is 7.49. The first kappa shape index (κ1) is 19.5. The van der Waals surface area contributed by atoms with Crippen molar-refractivity contribution in [3.63, 3.8) is 0 Å². The van der Waals surface area contributed by atoms with Gasteiger partial charge in [-0.2, -0.15) is 0 Å². The van der Waals surface area contributed by atoms with Gasteiger partial charge in [0.15, 0.2) is 5.96 Å². The summed E-state index contributed by atoms with van der Waals surface area (Å²) in [7, 11) is 0. The topological polar surface area (TPSA) is 48.9 Å². The number of aliphatic imine (C=N–C) groups is 1. The first-order valence-corrected chi connectivity index (χ1v) is 9.81. The Labute approximate surface area is 166 Å². The quantitative estimate of drug-likeness (QED) is 0.590. The van der Waals surface area contributed by atoms with Crippen LogP contribution in [0.3, 0.4) is 0 Å². The summed E-state index contributed by atoms with van der Waals surface area (Å²) in [6.07, 6.45) is 0. The van der Waals surface area contributed by atoms with Gasteiger partial charge in [0.2, 0.25) is 0 Å². The largest absolute Gasteiger partial charge is 0.378 e. The lowest BCUT2D eigenvalue weighted by molar-refractivity contribution is 0.122. The summed E-state index contributed by atoms with van der Waals surface area (Å²) in [6.45, 7) is 7.61. The zero-order chi connectivity index (χ0) is 18.9. The predicted octanol–water partition coefficient (Wildman–Crippen LogP) is 3.43. The van der Waals surface area contributed by atoms with E-state index in [0.717, 1.165) is 55.9 Å². The molecule has 0 amide bonds. The summed E-state index contributed by atoms with van der Waals surface area (Å²) < 4.78 is 5.48. The van der Waals surface area contributed by atoms with Crippen LogP contribution in [-0.2, 0) is 17.8 Å². The summed E-state index contributed by atoms with van der Waals surface area (Å²) in [5.41, 5.74) is 3.61. The van der Waals surface area contributed by atoms with Crippen LogP contribution in [0.25, 0.3) is 0 Å². The first-order chi connectivity index (χ1) is 13.3. The number of halogens is 1. The van der Waals surface area contributed by atoms with E-state index in [9.17, 15) is 0 Å². The van der Waals surface area contributed by atoms with Gasteiger partial charge < -0.3 is 20.3 Å². The Hall–Kier alpha value is -2.24. The Morgan fingerprint density at radius 1 is 1.11 bits per heavy atom. The molecule has 0 atom stereocenters. The molecule has 0 unspecified atom stereocenters. The van der Waals surface area contributed by atoms with Crippen molar-refractivity contribution >= 4 is 23.2 Å². The van der Waals surface area contributed by atoms with E-state index >= 15 is 0 Å². The Balaban J connectivity index is 1.66. The average Bonchev–Trinajstić information content (AvgIpc) is 2.71. The summed E-state index contributed by atoms with van der Waals surface area (Å²) in [5.74, 6) is 0.800. The molecule has 0 radical (unpaired) electrons. The summed E-state index contributed by atoms with van der Waals surface area (Å²) >= 11 is 6.06. The van der Waals surface area contributed by atoms with Gasteiger partial charge in [0.05, 0.1) is 19.8 Å². The molecule has 0 spiro atoms. The van der Waals surface area contributed by atoms with Crippen molar-refractivity contribution in [3.05, 3.63) is 64.7 Å². The van der Waals surface area contributed by atoms with E-state index in [1.54, 1.807) is 0 Å². The molecule has 0 aromatic heterocycles. The Bertz CT molecular complexity index is 759. The molecule has 27 heavy (non-hydrogen) atoms. The SMILES string of the molecule is CCNC(=NCc1cccc(Cl)c1)NCc1ccccc1N1CCOCC1. The number of morpholine rings is 1. The number of hydrogen-bond donors (Lipinski definition) is 2. The molecular formula is C21H27ClN4O. The Morgan fingerprint density at radius 2 is 1.93 bits per heavy atom. The molecule has 2 aromatic rings. The van der Waals surface area contributed by atoms with Crippen LogP contribution in [0.1, 0.15) is 18.1 Å². The maximum atomic E-state index is 6.06. The van der Waals surface area contributed by atoms with Gasteiger partial charge in [0, 0.05) is 36.9 Å². The molecule has 2 aromatic carbocycles. The van der Waals surface area contributed by atoms with Crippen LogP contribution >= 0.6 is 11.6 Å². The number of nitrogens with one attached hydrogen (secondary N) is 2. The molecule has 1 aliphatic heterocycles. The third kappa shape index (κ3) is 5.88. The standard InChI is InChI=1S/C21H27ClN4O/c1-2-23-21(24-15-17-6-5-8-19(22)14-17)25-16-18-7-3-4-9-20(18)26-10-12-27-13-11-26/h3-9,14H,2,10-13,15-16H2,1H3,(H2,23,24,25). The molecule has 5 nitrogen and oxygen atoms in total. The number of rotatable bonds is 6. The molecule has 1 fully saturated rings. The van der Waals surface area contributed by atoms with E-state index in [1.807, 2.05) is 24.3 Å². The number of benzene rings is 2. The van der Waals surface area contributed by atoms with Crippen LogP contribution < -0.4 is 15.5 Å². The van der Waals surface area contributed by atoms with E-state index in [0.29, 0.717) is 6.54 Å². The van der Waals surface area contributed by atoms with Gasteiger partial charge >= 0.3 is 0 Å². The number of nitrogens with zero attached hydrogens (tertiary/aromatic N) is 2. The highest BCUT2D eigenvalue weighted by molar-refractivity contribution is 6.30. The molecule has 1 aliphatic rings. The highest BCUT2D eigenvalue weighted by Crippen LogP contribution is 2.21. The molecule has 0 aliphatic carbocycles. The molecule has 0 saturated carbocycles. The number of guanidine groups is 1. The normalized spacial score (nSPS) is 14.9. The maximum absolute atomic E-state index is 6.06. The lowest BCUT2D eigenvalue weighted by Gasteiger charge is -2.30. The fraction of sp³-hybridized carbons (Fsp3) is 0.381. The van der Waals surface area contributed by atoms with Gasteiger partial charge in [-0.1, -0.05) is 41.9 Å². The minimum atomic E-state index is 0.584. The minimum absolute atomic E-state index is 0.584. The van der Waals surface area contributed by atoms with Crippen LogP contribution in [0.5, 0.6) is 0 Å². The predicted molar refractivity (Wildman–Crippen MR) is 113 cm³/mol. The van der Waals surface area contributed by atoms with E-state index in [1.165, 1.54) is 11.3 Å². The third-order valence-corrected chi connectivity index (χ3v) is 4.68. The molecule has 3 rings (SSSR count). The first-order valence-electron chi connectivity index (χ1n) is 9.43. The van der Waals surface area contributed by atoms with E-state index in [-0.39, 0.29) is 0 Å². The van der Waals surface area contributed by atoms with Crippen LogP contribution in [0.15, 0.2) is 53.5 Å². The third-order valence-electron chi connectivity index (χ3n) is 4.44. The molecule has 1 saturated heterocycles. The molecule has 2 N–H and O–H groups in total. The summed E-state index contributed by atoms with van der Waals surface area (Å²) in [6, 6.07) is 16.3. The van der Waals surface area contributed by atoms with E-state index in [2.05, 4.69) is 51.7 Å². The zero-order valence-corrected chi connectivity index (χ0v) is 16.5. The maximum Gasteiger partial charge on any atom is 0.191 e. The second kappa shape index (κ2) is 10.2. The van der Waals surface area contributed by atoms with Gasteiger partial charge in [-0.15, -0.1) is 0 Å². The van der Waals surface area contributed by atoms with Crippen molar-refractivity contribution in [3.8, 4) is 0 Å². The number of anilines is 1. The average molecular weight is 387 g/mol. The monoisotopic (exact) mass is 386 g/mol. The lowest BCUT2D eigenvalue weighted by Crippen LogP contribution is -2.39. The van der Waals surface area contributed by atoms with E-state index < -0.39 is 0 Å². The second-order valence-electron chi connectivity index (χ2n) is 6.41. The van der Waals surface area contributed by atoms with Crippen LogP contribution in [0.4, 0.5) is 5.69 Å². The Morgan fingerprint density at radius 3 is 2.70 bits per heavy atom. The minimum Gasteiger partial charge on any atom is -0.378 e. The van der Waals surface area contributed by atoms with Crippen molar-refractivity contribution in [2.45, 2.75) is 20.0 Å². The fourth-order valence-electron chi connectivity index (χ4n) is 3.10. The smallest absolute Gasteiger partial charge is 0.191 e. The van der Waals surface area contributed by atoms with Crippen LogP contribution in [0.2, 0.25) is 5.02 Å². The van der Waals surface area contributed by atoms with Crippen molar-refractivity contribution in [2.75, 3.05) is 37.7 Å². The van der Waals surface area contributed by atoms with Crippen molar-refractivity contribution < 1.29 is 4.74 Å². The fourth-order valence-corrected chi connectivity index (χ4v) is 3.31. The molecule has 0 bridgehead atoms. The van der Waals surface area contributed by atoms with E-state index in [4.69, 9.17) is 16.3 Å². The Kier molecular flexibility index (Phi) is 7.36. The molecule has 144 valence electrons. The number of ether oxygens (including phenoxy) is 1. The number of hydrogen-bond acceptors (Lipinski definition) is 3. The second-order valence-corrected chi connectivity index (χ2v) is 6.84. The molecular weight excluding hydrogens is 360 g/mol. The van der Waals surface area contributed by atoms with Crippen LogP contribution in [-0.4, -0.2) is 38.8 Å². The van der Waals surface area contributed by atoms with Crippen LogP contribution in [0, 0.1) is 0 Å². The van der Waals surface area contributed by atoms with Gasteiger partial charge in [0.1, 0.15) is 0 Å². The van der Waals surface area contributed by atoms with Gasteiger partial charge in [-0.25, -0.2) is 4.99 Å². The highest BCUT2D eigenvalue weighted by atomic mass is 35.5. The molecule has 1 heterocycles. The van der Waals surface area contributed by atoms with Crippen molar-refractivity contribution in [2.24, 2.45) is 4.99 Å². The number of para-hydroxylation sites is 1. The van der Waals surface area contributed by atoms with Gasteiger partial charge in [-0.3, -0.25) is 0 Å². The molecule has 6 heteroatoms.